The van der Waals surface area contributed by atoms with E-state index in [1.807, 2.05) is 24.7 Å². The van der Waals surface area contributed by atoms with Gasteiger partial charge in [-0.3, -0.25) is 4.79 Å². The van der Waals surface area contributed by atoms with E-state index in [9.17, 15) is 4.79 Å². The molecule has 98 valence electrons. The van der Waals surface area contributed by atoms with Crippen LogP contribution in [0.25, 0.3) is 0 Å². The van der Waals surface area contributed by atoms with Gasteiger partial charge in [0.25, 0.3) is 0 Å². The third kappa shape index (κ3) is 2.59. The smallest absolute Gasteiger partial charge is 0.248 e. The Morgan fingerprint density at radius 3 is 3.05 bits per heavy atom. The zero-order valence-electron chi connectivity index (χ0n) is 10.5. The number of nitrogens with zero attached hydrogens (tertiary/aromatic N) is 2. The average molecular weight is 256 g/mol. The number of hydrogen-bond acceptors (Lipinski definition) is 3. The number of carbonyl (C=O) groups is 1. The number of nitrogens with two attached hydrogens (primary N) is 1. The second-order valence-corrected chi connectivity index (χ2v) is 4.82. The van der Waals surface area contributed by atoms with Crippen molar-refractivity contribution in [2.24, 2.45) is 5.73 Å². The van der Waals surface area contributed by atoms with Gasteiger partial charge in [-0.25, -0.2) is 4.98 Å². The maximum absolute atomic E-state index is 11.1. The molecule has 3 rings (SSSR count). The minimum atomic E-state index is -0.410. The molecular formula is C14H16N4O. The van der Waals surface area contributed by atoms with Gasteiger partial charge in [0.05, 0.1) is 18.6 Å². The van der Waals surface area contributed by atoms with Gasteiger partial charge < -0.3 is 15.6 Å². The first-order valence-corrected chi connectivity index (χ1v) is 6.38. The van der Waals surface area contributed by atoms with Crippen molar-refractivity contribution >= 4 is 11.6 Å². The van der Waals surface area contributed by atoms with Crippen molar-refractivity contribution < 1.29 is 4.79 Å². The molecule has 1 aromatic carbocycles. The van der Waals surface area contributed by atoms with E-state index in [2.05, 4.69) is 14.9 Å². The number of hydrogen-bond donors (Lipinski definition) is 2. The van der Waals surface area contributed by atoms with Crippen LogP contribution in [0.1, 0.15) is 34.9 Å². The van der Waals surface area contributed by atoms with Crippen molar-refractivity contribution in [2.45, 2.75) is 25.4 Å². The Morgan fingerprint density at radius 1 is 1.47 bits per heavy atom. The summed E-state index contributed by atoms with van der Waals surface area (Å²) >= 11 is 0. The molecule has 0 bridgehead atoms. The normalized spacial score (nSPS) is 14.3. The molecule has 5 nitrogen and oxygen atoms in total. The van der Waals surface area contributed by atoms with Crippen LogP contribution >= 0.6 is 0 Å². The van der Waals surface area contributed by atoms with Crippen LogP contribution in [0.2, 0.25) is 0 Å². The zero-order chi connectivity index (χ0) is 13.2. The standard InChI is InChI=1S/C14H16N4O/c15-14(19)10-2-1-3-11(6-10)17-8-13-7-16-9-18(13)12-4-5-12/h1-3,6-7,9,12,17H,4-5,8H2,(H2,15,19). The van der Waals surface area contributed by atoms with E-state index in [-0.39, 0.29) is 0 Å². The summed E-state index contributed by atoms with van der Waals surface area (Å²) in [6.45, 7) is 0.693. The van der Waals surface area contributed by atoms with E-state index >= 15 is 0 Å². The minimum absolute atomic E-state index is 0.410. The molecule has 1 aliphatic carbocycles. The van der Waals surface area contributed by atoms with Crippen LogP contribution in [-0.2, 0) is 6.54 Å². The topological polar surface area (TPSA) is 72.9 Å². The van der Waals surface area contributed by atoms with Gasteiger partial charge in [0, 0.05) is 23.5 Å². The molecule has 5 heteroatoms. The van der Waals surface area contributed by atoms with Gasteiger partial charge >= 0.3 is 0 Å². The number of rotatable bonds is 5. The number of imidazole rings is 1. The van der Waals surface area contributed by atoms with Crippen LogP contribution in [0.15, 0.2) is 36.8 Å². The maximum Gasteiger partial charge on any atom is 0.248 e. The highest BCUT2D eigenvalue weighted by molar-refractivity contribution is 5.93. The highest BCUT2D eigenvalue weighted by Crippen LogP contribution is 2.35. The summed E-state index contributed by atoms with van der Waals surface area (Å²) in [7, 11) is 0. The van der Waals surface area contributed by atoms with Crippen molar-refractivity contribution in [2.75, 3.05) is 5.32 Å². The van der Waals surface area contributed by atoms with Gasteiger partial charge in [-0.15, -0.1) is 0 Å². The maximum atomic E-state index is 11.1. The molecule has 0 spiro atoms. The van der Waals surface area contributed by atoms with Crippen molar-refractivity contribution in [3.05, 3.63) is 48.0 Å². The largest absolute Gasteiger partial charge is 0.379 e. The van der Waals surface area contributed by atoms with Gasteiger partial charge in [-0.1, -0.05) is 6.07 Å². The zero-order valence-corrected chi connectivity index (χ0v) is 10.5. The first kappa shape index (κ1) is 11.8. The molecule has 1 fully saturated rings. The van der Waals surface area contributed by atoms with Crippen LogP contribution < -0.4 is 11.1 Å². The van der Waals surface area contributed by atoms with Crippen LogP contribution in [0, 0.1) is 0 Å². The SMILES string of the molecule is NC(=O)c1cccc(NCc2cncn2C2CC2)c1. The Hall–Kier alpha value is -2.30. The lowest BCUT2D eigenvalue weighted by Gasteiger charge is -2.09. The van der Waals surface area contributed by atoms with Gasteiger partial charge in [0.1, 0.15) is 0 Å². The number of carbonyl (C=O) groups excluding carboxylic acids is 1. The minimum Gasteiger partial charge on any atom is -0.379 e. The van der Waals surface area contributed by atoms with Gasteiger partial charge in [0.15, 0.2) is 0 Å². The molecule has 0 radical (unpaired) electrons. The fraction of sp³-hybridized carbons (Fsp3) is 0.286. The molecule has 1 saturated carbocycles. The lowest BCUT2D eigenvalue weighted by Crippen LogP contribution is -2.11. The van der Waals surface area contributed by atoms with Crippen LogP contribution in [-0.4, -0.2) is 15.5 Å². The first-order valence-electron chi connectivity index (χ1n) is 6.38. The second kappa shape index (κ2) is 4.76. The fourth-order valence-electron chi connectivity index (χ4n) is 2.13. The summed E-state index contributed by atoms with van der Waals surface area (Å²) in [6.07, 6.45) is 6.23. The Bertz CT molecular complexity index is 601. The third-order valence-corrected chi connectivity index (χ3v) is 3.31. The molecule has 1 aromatic heterocycles. The summed E-state index contributed by atoms with van der Waals surface area (Å²) in [5, 5.41) is 3.30. The Kier molecular flexibility index (Phi) is 2.95. The average Bonchev–Trinajstić information content (AvgIpc) is 3.16. The van der Waals surface area contributed by atoms with Crippen LogP contribution in [0.3, 0.4) is 0 Å². The summed E-state index contributed by atoms with van der Waals surface area (Å²) in [5.74, 6) is -0.410. The van der Waals surface area contributed by atoms with Gasteiger partial charge in [-0.2, -0.15) is 0 Å². The number of anilines is 1. The molecule has 1 aliphatic rings. The van der Waals surface area contributed by atoms with Crippen LogP contribution in [0.5, 0.6) is 0 Å². The number of primary amides is 1. The van der Waals surface area contributed by atoms with Crippen molar-refractivity contribution in [1.82, 2.24) is 9.55 Å². The van der Waals surface area contributed by atoms with E-state index in [0.717, 1.165) is 11.4 Å². The van der Waals surface area contributed by atoms with Crippen molar-refractivity contribution in [3.8, 4) is 0 Å². The molecule has 0 saturated heterocycles. The van der Waals surface area contributed by atoms with Crippen molar-refractivity contribution in [3.63, 3.8) is 0 Å². The summed E-state index contributed by atoms with van der Waals surface area (Å²) in [5.41, 5.74) is 7.83. The Balaban J connectivity index is 1.70. The summed E-state index contributed by atoms with van der Waals surface area (Å²) in [4.78, 5) is 15.3. The Morgan fingerprint density at radius 2 is 2.32 bits per heavy atom. The molecule has 0 aliphatic heterocycles. The highest BCUT2D eigenvalue weighted by Gasteiger charge is 2.24. The lowest BCUT2D eigenvalue weighted by atomic mass is 10.2. The molecule has 0 unspecified atom stereocenters. The third-order valence-electron chi connectivity index (χ3n) is 3.31. The lowest BCUT2D eigenvalue weighted by molar-refractivity contribution is 0.100. The summed E-state index contributed by atoms with van der Waals surface area (Å²) in [6, 6.07) is 7.84. The molecule has 1 heterocycles. The van der Waals surface area contributed by atoms with E-state index in [4.69, 9.17) is 5.73 Å². The first-order chi connectivity index (χ1) is 9.24. The fourth-order valence-corrected chi connectivity index (χ4v) is 2.13. The Labute approximate surface area is 111 Å². The predicted octanol–water partition coefficient (Wildman–Crippen LogP) is 1.93. The van der Waals surface area contributed by atoms with Gasteiger partial charge in [-0.05, 0) is 31.0 Å². The number of aromatic nitrogens is 2. The summed E-state index contributed by atoms with van der Waals surface area (Å²) < 4.78 is 2.21. The van der Waals surface area contributed by atoms with Crippen LogP contribution in [0.4, 0.5) is 5.69 Å². The molecule has 0 atom stereocenters. The number of nitrogens with one attached hydrogen (secondary N) is 1. The number of benzene rings is 1. The second-order valence-electron chi connectivity index (χ2n) is 4.82. The molecular weight excluding hydrogens is 240 g/mol. The monoisotopic (exact) mass is 256 g/mol. The van der Waals surface area contributed by atoms with E-state index in [0.29, 0.717) is 18.2 Å². The quantitative estimate of drug-likeness (QED) is 0.858. The predicted molar refractivity (Wildman–Crippen MR) is 72.8 cm³/mol. The van der Waals surface area contributed by atoms with Gasteiger partial charge in [0.2, 0.25) is 5.91 Å². The van der Waals surface area contributed by atoms with E-state index in [1.165, 1.54) is 12.8 Å². The van der Waals surface area contributed by atoms with E-state index < -0.39 is 5.91 Å². The van der Waals surface area contributed by atoms with Crippen molar-refractivity contribution in [1.29, 1.82) is 0 Å². The molecule has 19 heavy (non-hydrogen) atoms. The number of amides is 1. The molecule has 2 aromatic rings. The highest BCUT2D eigenvalue weighted by atomic mass is 16.1. The molecule has 3 N–H and O–H groups in total. The van der Waals surface area contributed by atoms with E-state index in [1.54, 1.807) is 12.1 Å². The molecule has 1 amide bonds.